The molecule has 0 aliphatic carbocycles. The second-order valence-corrected chi connectivity index (χ2v) is 6.56. The predicted molar refractivity (Wildman–Crippen MR) is 79.1 cm³/mol. The number of rotatable bonds is 5. The molecule has 0 aliphatic rings. The molecule has 0 radical (unpaired) electrons. The van der Waals surface area contributed by atoms with Crippen LogP contribution in [0.15, 0.2) is 45.9 Å². The van der Waals surface area contributed by atoms with Gasteiger partial charge in [-0.2, -0.15) is 0 Å². The largest absolute Gasteiger partial charge is 0.361 e. The fraction of sp³-hybridized carbons (Fsp3) is 0.400. The second-order valence-electron chi connectivity index (χ2n) is 5.51. The molecule has 102 valence electrons. The van der Waals surface area contributed by atoms with Crippen LogP contribution in [0.5, 0.6) is 0 Å². The third-order valence-corrected chi connectivity index (χ3v) is 3.65. The molecule has 3 nitrogen and oxygen atoms in total. The number of nitrogens with one attached hydrogen (secondary N) is 1. The van der Waals surface area contributed by atoms with Crippen LogP contribution < -0.4 is 5.32 Å². The topological polar surface area (TPSA) is 38.1 Å². The first-order valence-electron chi connectivity index (χ1n) is 6.39. The van der Waals surface area contributed by atoms with Crippen LogP contribution >= 0.6 is 11.8 Å². The van der Waals surface area contributed by atoms with E-state index in [1.807, 2.05) is 6.07 Å². The van der Waals surface area contributed by atoms with Gasteiger partial charge in [-0.3, -0.25) is 0 Å². The molecular formula is C15H20N2OS. The van der Waals surface area contributed by atoms with Crippen LogP contribution in [0, 0.1) is 0 Å². The van der Waals surface area contributed by atoms with E-state index in [-0.39, 0.29) is 5.54 Å². The normalized spacial score (nSPS) is 11.7. The second kappa shape index (κ2) is 6.26. The van der Waals surface area contributed by atoms with Gasteiger partial charge in [-0.15, -0.1) is 11.8 Å². The van der Waals surface area contributed by atoms with E-state index in [9.17, 15) is 0 Å². The lowest BCUT2D eigenvalue weighted by Crippen LogP contribution is -2.35. The van der Waals surface area contributed by atoms with Crippen LogP contribution in [-0.4, -0.2) is 10.7 Å². The third kappa shape index (κ3) is 5.09. The molecule has 1 heterocycles. The summed E-state index contributed by atoms with van der Waals surface area (Å²) in [7, 11) is 0. The minimum Gasteiger partial charge on any atom is -0.361 e. The third-order valence-electron chi connectivity index (χ3n) is 2.62. The lowest BCUT2D eigenvalue weighted by molar-refractivity contribution is 0.395. The molecule has 0 atom stereocenters. The molecule has 2 rings (SSSR count). The Hall–Kier alpha value is -1.26. The number of aromatic nitrogens is 1. The number of hydrogen-bond acceptors (Lipinski definition) is 4. The van der Waals surface area contributed by atoms with Gasteiger partial charge in [-0.25, -0.2) is 0 Å². The van der Waals surface area contributed by atoms with E-state index >= 15 is 0 Å². The fourth-order valence-corrected chi connectivity index (χ4v) is 2.33. The van der Waals surface area contributed by atoms with E-state index in [4.69, 9.17) is 4.52 Å². The summed E-state index contributed by atoms with van der Waals surface area (Å²) in [6, 6.07) is 10.5. The highest BCUT2D eigenvalue weighted by molar-refractivity contribution is 7.98. The Morgan fingerprint density at radius 2 is 1.89 bits per heavy atom. The molecule has 0 saturated carbocycles. The van der Waals surface area contributed by atoms with Crippen molar-refractivity contribution in [2.45, 2.75) is 43.5 Å². The molecule has 0 fully saturated rings. The van der Waals surface area contributed by atoms with E-state index in [1.165, 1.54) is 10.5 Å². The monoisotopic (exact) mass is 276 g/mol. The fourth-order valence-electron chi connectivity index (χ4n) is 1.54. The predicted octanol–water partition coefficient (Wildman–Crippen LogP) is 3.86. The Kier molecular flexibility index (Phi) is 4.66. The number of benzene rings is 1. The zero-order chi connectivity index (χ0) is 13.7. The van der Waals surface area contributed by atoms with Gasteiger partial charge in [0.2, 0.25) is 0 Å². The highest BCUT2D eigenvalue weighted by Crippen LogP contribution is 2.22. The van der Waals surface area contributed by atoms with Crippen molar-refractivity contribution in [2.75, 3.05) is 0 Å². The lowest BCUT2D eigenvalue weighted by Gasteiger charge is -2.20. The molecule has 2 aromatic rings. The zero-order valence-electron chi connectivity index (χ0n) is 11.6. The van der Waals surface area contributed by atoms with Crippen LogP contribution in [-0.2, 0) is 12.3 Å². The Labute approximate surface area is 118 Å². The van der Waals surface area contributed by atoms with Crippen molar-refractivity contribution >= 4 is 11.8 Å². The van der Waals surface area contributed by atoms with Crippen molar-refractivity contribution in [3.8, 4) is 0 Å². The van der Waals surface area contributed by atoms with Crippen molar-refractivity contribution in [3.05, 3.63) is 47.9 Å². The molecule has 0 aliphatic heterocycles. The van der Waals surface area contributed by atoms with Gasteiger partial charge < -0.3 is 9.84 Å². The van der Waals surface area contributed by atoms with E-state index in [2.05, 4.69) is 55.5 Å². The SMILES string of the molecule is CC(C)(C)NCc1ccc(SCc2ccno2)cc1. The highest BCUT2D eigenvalue weighted by atomic mass is 32.2. The summed E-state index contributed by atoms with van der Waals surface area (Å²) in [6.45, 7) is 7.42. The first-order chi connectivity index (χ1) is 9.03. The standard InChI is InChI=1S/C15H20N2OS/c1-15(2,3)16-10-12-4-6-14(7-5-12)19-11-13-8-9-17-18-13/h4-9,16H,10-11H2,1-3H3. The van der Waals surface area contributed by atoms with Crippen LogP contribution in [0.2, 0.25) is 0 Å². The van der Waals surface area contributed by atoms with Crippen molar-refractivity contribution in [1.82, 2.24) is 10.5 Å². The summed E-state index contributed by atoms with van der Waals surface area (Å²) < 4.78 is 5.07. The summed E-state index contributed by atoms with van der Waals surface area (Å²) >= 11 is 1.76. The molecule has 0 spiro atoms. The van der Waals surface area contributed by atoms with E-state index < -0.39 is 0 Å². The van der Waals surface area contributed by atoms with Crippen molar-refractivity contribution in [2.24, 2.45) is 0 Å². The highest BCUT2D eigenvalue weighted by Gasteiger charge is 2.08. The zero-order valence-corrected chi connectivity index (χ0v) is 12.5. The summed E-state index contributed by atoms with van der Waals surface area (Å²) in [4.78, 5) is 1.25. The van der Waals surface area contributed by atoms with Crippen LogP contribution in [0.25, 0.3) is 0 Å². The van der Waals surface area contributed by atoms with Gasteiger partial charge in [0.05, 0.1) is 11.9 Å². The minimum absolute atomic E-state index is 0.152. The Morgan fingerprint density at radius 1 is 1.16 bits per heavy atom. The maximum atomic E-state index is 5.07. The van der Waals surface area contributed by atoms with E-state index in [1.54, 1.807) is 18.0 Å². The van der Waals surface area contributed by atoms with Crippen LogP contribution in [0.3, 0.4) is 0 Å². The lowest BCUT2D eigenvalue weighted by atomic mass is 10.1. The molecule has 1 N–H and O–H groups in total. The summed E-state index contributed by atoms with van der Waals surface area (Å²) in [5.41, 5.74) is 1.46. The number of nitrogens with zero attached hydrogens (tertiary/aromatic N) is 1. The molecule has 0 saturated heterocycles. The van der Waals surface area contributed by atoms with Crippen molar-refractivity contribution < 1.29 is 4.52 Å². The minimum atomic E-state index is 0.152. The van der Waals surface area contributed by atoms with Gasteiger partial charge in [-0.05, 0) is 38.5 Å². The number of thioether (sulfide) groups is 1. The van der Waals surface area contributed by atoms with Crippen molar-refractivity contribution in [1.29, 1.82) is 0 Å². The Morgan fingerprint density at radius 3 is 2.47 bits per heavy atom. The summed E-state index contributed by atoms with van der Waals surface area (Å²) in [5.74, 6) is 1.73. The molecular weight excluding hydrogens is 256 g/mol. The van der Waals surface area contributed by atoms with Crippen LogP contribution in [0.4, 0.5) is 0 Å². The number of hydrogen-bond donors (Lipinski definition) is 1. The van der Waals surface area contributed by atoms with E-state index in [0.717, 1.165) is 18.1 Å². The smallest absolute Gasteiger partial charge is 0.146 e. The molecule has 0 bridgehead atoms. The Balaban J connectivity index is 1.84. The first kappa shape index (κ1) is 14.2. The maximum absolute atomic E-state index is 5.07. The molecule has 0 amide bonds. The van der Waals surface area contributed by atoms with Gasteiger partial charge in [0.1, 0.15) is 5.76 Å². The average Bonchev–Trinajstić information content (AvgIpc) is 2.87. The molecule has 1 aromatic heterocycles. The molecule has 0 unspecified atom stereocenters. The first-order valence-corrected chi connectivity index (χ1v) is 7.38. The van der Waals surface area contributed by atoms with Gasteiger partial charge >= 0.3 is 0 Å². The average molecular weight is 276 g/mol. The van der Waals surface area contributed by atoms with Gasteiger partial charge in [-0.1, -0.05) is 17.3 Å². The molecule has 1 aromatic carbocycles. The van der Waals surface area contributed by atoms with Gasteiger partial charge in [0.15, 0.2) is 0 Å². The summed E-state index contributed by atoms with van der Waals surface area (Å²) in [5, 5.41) is 7.18. The quantitative estimate of drug-likeness (QED) is 0.842. The van der Waals surface area contributed by atoms with Crippen LogP contribution in [0.1, 0.15) is 32.1 Å². The molecule has 4 heteroatoms. The maximum Gasteiger partial charge on any atom is 0.146 e. The van der Waals surface area contributed by atoms with Crippen molar-refractivity contribution in [3.63, 3.8) is 0 Å². The Bertz CT molecular complexity index is 486. The molecule has 19 heavy (non-hydrogen) atoms. The van der Waals surface area contributed by atoms with E-state index in [0.29, 0.717) is 0 Å². The van der Waals surface area contributed by atoms with Gasteiger partial charge in [0, 0.05) is 23.0 Å². The van der Waals surface area contributed by atoms with Gasteiger partial charge in [0.25, 0.3) is 0 Å². The summed E-state index contributed by atoms with van der Waals surface area (Å²) in [6.07, 6.45) is 1.68.